The summed E-state index contributed by atoms with van der Waals surface area (Å²) in [5, 5.41) is 0. The normalized spacial score (nSPS) is 12.3. The minimum atomic E-state index is -0.787. The molecule has 0 aromatic heterocycles. The largest absolute Gasteiger partial charge is 0.462 e. The van der Waals surface area contributed by atoms with Crippen LogP contribution in [-0.2, 0) is 28.6 Å². The molecule has 0 heterocycles. The molecule has 0 aliphatic rings. The lowest BCUT2D eigenvalue weighted by molar-refractivity contribution is -0.167. The Labute approximate surface area is 416 Å². The molecular formula is C61H110O6. The van der Waals surface area contributed by atoms with Crippen LogP contribution >= 0.6 is 0 Å². The summed E-state index contributed by atoms with van der Waals surface area (Å²) < 4.78 is 16.8. The van der Waals surface area contributed by atoms with Crippen LogP contribution < -0.4 is 0 Å². The average molecular weight is 940 g/mol. The van der Waals surface area contributed by atoms with E-state index >= 15 is 0 Å². The molecule has 0 saturated heterocycles. The zero-order valence-corrected chi connectivity index (χ0v) is 44.7. The quantitative estimate of drug-likeness (QED) is 0.0262. The summed E-state index contributed by atoms with van der Waals surface area (Å²) in [5.74, 6) is -0.910. The van der Waals surface area contributed by atoms with E-state index in [0.29, 0.717) is 19.3 Å². The van der Waals surface area contributed by atoms with E-state index in [0.717, 1.165) is 70.6 Å². The Morgan fingerprint density at radius 1 is 0.299 bits per heavy atom. The zero-order valence-electron chi connectivity index (χ0n) is 44.7. The second kappa shape index (κ2) is 56.0. The molecule has 0 aromatic rings. The number of unbranched alkanes of at least 4 members (excludes halogenated alkanes) is 34. The standard InChI is InChI=1S/C61H110O6/c1-4-7-10-13-16-19-22-25-28-29-30-31-34-36-39-42-45-48-51-54-60(63)66-57-58(67-61(64)55-52-49-46-43-40-37-33-27-24-21-18-15-12-9-6-3)56-65-59(62)53-50-47-44-41-38-35-32-26-23-20-17-14-11-8-5-2/h17,20,25-26,28,32,38,41,58H,4-16,18-19,21-24,27,29-31,33-37,39-40,42-57H2,1-3H3/b20-17-,28-25-,32-26-,41-38-/t58-/m1/s1. The molecule has 0 unspecified atom stereocenters. The molecular weight excluding hydrogens is 829 g/mol. The Morgan fingerprint density at radius 2 is 0.537 bits per heavy atom. The molecule has 0 fully saturated rings. The fourth-order valence-corrected chi connectivity index (χ4v) is 8.39. The number of allylic oxidation sites excluding steroid dienone is 8. The maximum Gasteiger partial charge on any atom is 0.306 e. The van der Waals surface area contributed by atoms with Gasteiger partial charge in [-0.2, -0.15) is 0 Å². The topological polar surface area (TPSA) is 78.9 Å². The van der Waals surface area contributed by atoms with Crippen molar-refractivity contribution in [2.45, 2.75) is 309 Å². The third-order valence-electron chi connectivity index (χ3n) is 12.8. The number of hydrogen-bond acceptors (Lipinski definition) is 6. The van der Waals surface area contributed by atoms with Gasteiger partial charge in [0.25, 0.3) is 0 Å². The molecule has 0 amide bonds. The molecule has 0 spiro atoms. The molecule has 0 saturated carbocycles. The Kier molecular flexibility index (Phi) is 53.8. The number of rotatable bonds is 53. The van der Waals surface area contributed by atoms with Gasteiger partial charge < -0.3 is 14.2 Å². The van der Waals surface area contributed by atoms with Crippen LogP contribution in [0.2, 0.25) is 0 Å². The van der Waals surface area contributed by atoms with Crippen molar-refractivity contribution in [2.24, 2.45) is 0 Å². The van der Waals surface area contributed by atoms with Gasteiger partial charge in [0.2, 0.25) is 0 Å². The van der Waals surface area contributed by atoms with Gasteiger partial charge in [-0.15, -0.1) is 0 Å². The third kappa shape index (κ3) is 54.2. The highest BCUT2D eigenvalue weighted by Crippen LogP contribution is 2.16. The lowest BCUT2D eigenvalue weighted by atomic mass is 10.0. The number of esters is 3. The minimum Gasteiger partial charge on any atom is -0.462 e. The van der Waals surface area contributed by atoms with Gasteiger partial charge in [0.1, 0.15) is 13.2 Å². The van der Waals surface area contributed by atoms with Crippen molar-refractivity contribution >= 4 is 17.9 Å². The summed E-state index contributed by atoms with van der Waals surface area (Å²) >= 11 is 0. The Hall–Kier alpha value is -2.63. The van der Waals surface area contributed by atoms with Crippen LogP contribution in [0.4, 0.5) is 0 Å². The first kappa shape index (κ1) is 64.4. The summed E-state index contributed by atoms with van der Waals surface area (Å²) in [4.78, 5) is 38.1. The van der Waals surface area contributed by atoms with Crippen LogP contribution in [0.25, 0.3) is 0 Å². The molecule has 0 aliphatic heterocycles. The van der Waals surface area contributed by atoms with Gasteiger partial charge in [-0.3, -0.25) is 14.4 Å². The van der Waals surface area contributed by atoms with Crippen LogP contribution in [0.1, 0.15) is 303 Å². The summed E-state index contributed by atoms with van der Waals surface area (Å²) in [6.07, 6.45) is 68.2. The first-order chi connectivity index (χ1) is 33.0. The van der Waals surface area contributed by atoms with Gasteiger partial charge in [0, 0.05) is 19.3 Å². The van der Waals surface area contributed by atoms with Gasteiger partial charge in [0.15, 0.2) is 6.10 Å². The molecule has 1 atom stereocenters. The van der Waals surface area contributed by atoms with Crippen molar-refractivity contribution in [1.82, 2.24) is 0 Å². The van der Waals surface area contributed by atoms with E-state index in [1.165, 1.54) is 193 Å². The molecule has 67 heavy (non-hydrogen) atoms. The van der Waals surface area contributed by atoms with Gasteiger partial charge in [-0.1, -0.05) is 249 Å². The van der Waals surface area contributed by atoms with Crippen molar-refractivity contribution in [2.75, 3.05) is 13.2 Å². The SMILES string of the molecule is CCCCC/C=C\C/C=C\C/C=C\CCCCC(=O)OC[C@H](COC(=O)CCCCCCCCCCC/C=C\CCCCCCCC)OC(=O)CCCCCCCCCCCCCCCCC. The number of ether oxygens (including phenoxy) is 3. The summed E-state index contributed by atoms with van der Waals surface area (Å²) in [6, 6.07) is 0. The second-order valence-electron chi connectivity index (χ2n) is 19.6. The molecule has 0 aromatic carbocycles. The molecule has 6 heteroatoms. The molecule has 0 rings (SSSR count). The fraction of sp³-hybridized carbons (Fsp3) is 0.820. The van der Waals surface area contributed by atoms with Crippen LogP contribution in [0.15, 0.2) is 48.6 Å². The van der Waals surface area contributed by atoms with Crippen molar-refractivity contribution in [3.63, 3.8) is 0 Å². The first-order valence-electron chi connectivity index (χ1n) is 29.1. The van der Waals surface area contributed by atoms with Gasteiger partial charge in [0.05, 0.1) is 0 Å². The zero-order chi connectivity index (χ0) is 48.6. The third-order valence-corrected chi connectivity index (χ3v) is 12.8. The van der Waals surface area contributed by atoms with Gasteiger partial charge in [-0.25, -0.2) is 0 Å². The summed E-state index contributed by atoms with van der Waals surface area (Å²) in [5.41, 5.74) is 0. The van der Waals surface area contributed by atoms with Crippen LogP contribution in [0.3, 0.4) is 0 Å². The molecule has 0 bridgehead atoms. The number of carbonyl (C=O) groups excluding carboxylic acids is 3. The van der Waals surface area contributed by atoms with Crippen molar-refractivity contribution in [3.05, 3.63) is 48.6 Å². The van der Waals surface area contributed by atoms with E-state index in [4.69, 9.17) is 14.2 Å². The van der Waals surface area contributed by atoms with E-state index in [1.54, 1.807) is 0 Å². The van der Waals surface area contributed by atoms with E-state index in [1.807, 2.05) is 0 Å². The van der Waals surface area contributed by atoms with Crippen molar-refractivity contribution in [3.8, 4) is 0 Å². The molecule has 6 nitrogen and oxygen atoms in total. The maximum absolute atomic E-state index is 12.8. The Morgan fingerprint density at radius 3 is 0.910 bits per heavy atom. The predicted molar refractivity (Wildman–Crippen MR) is 289 cm³/mol. The minimum absolute atomic E-state index is 0.0832. The van der Waals surface area contributed by atoms with Crippen molar-refractivity contribution < 1.29 is 28.6 Å². The second-order valence-corrected chi connectivity index (χ2v) is 19.6. The molecule has 0 N–H and O–H groups in total. The molecule has 390 valence electrons. The van der Waals surface area contributed by atoms with Gasteiger partial charge in [-0.05, 0) is 83.5 Å². The maximum atomic E-state index is 12.8. The lowest BCUT2D eigenvalue weighted by Crippen LogP contribution is -2.30. The van der Waals surface area contributed by atoms with Crippen LogP contribution in [-0.4, -0.2) is 37.2 Å². The molecule has 0 aliphatic carbocycles. The highest BCUT2D eigenvalue weighted by Gasteiger charge is 2.19. The predicted octanol–water partition coefficient (Wildman–Crippen LogP) is 19.4. The monoisotopic (exact) mass is 939 g/mol. The van der Waals surface area contributed by atoms with Crippen molar-refractivity contribution in [1.29, 1.82) is 0 Å². The van der Waals surface area contributed by atoms with E-state index < -0.39 is 6.10 Å². The number of carbonyl (C=O) groups is 3. The van der Waals surface area contributed by atoms with Crippen LogP contribution in [0.5, 0.6) is 0 Å². The highest BCUT2D eigenvalue weighted by molar-refractivity contribution is 5.71. The van der Waals surface area contributed by atoms with E-state index in [9.17, 15) is 14.4 Å². The van der Waals surface area contributed by atoms with E-state index in [-0.39, 0.29) is 31.1 Å². The average Bonchev–Trinajstić information content (AvgIpc) is 3.33. The smallest absolute Gasteiger partial charge is 0.306 e. The Balaban J connectivity index is 4.38. The van der Waals surface area contributed by atoms with E-state index in [2.05, 4.69) is 69.4 Å². The number of hydrogen-bond donors (Lipinski definition) is 0. The Bertz CT molecular complexity index is 1170. The highest BCUT2D eigenvalue weighted by atomic mass is 16.6. The van der Waals surface area contributed by atoms with Crippen LogP contribution in [0, 0.1) is 0 Å². The summed E-state index contributed by atoms with van der Waals surface area (Å²) in [7, 11) is 0. The lowest BCUT2D eigenvalue weighted by Gasteiger charge is -2.18. The first-order valence-corrected chi connectivity index (χ1v) is 29.1. The van der Waals surface area contributed by atoms with Gasteiger partial charge >= 0.3 is 17.9 Å². The molecule has 0 radical (unpaired) electrons. The fourth-order valence-electron chi connectivity index (χ4n) is 8.39. The summed E-state index contributed by atoms with van der Waals surface area (Å²) in [6.45, 7) is 6.61.